The van der Waals surface area contributed by atoms with Gasteiger partial charge in [-0.25, -0.2) is 4.79 Å². The van der Waals surface area contributed by atoms with E-state index in [2.05, 4.69) is 0 Å². The molecule has 1 saturated heterocycles. The standard InChI is InChI=1S/C14H21N3O2/c1-16(14(18)17-6-8-19-9-7-17)11-13-5-3-2-4-12(13)10-15/h2-5H,6-11,15H2,1H3. The maximum absolute atomic E-state index is 12.3. The number of ether oxygens (including phenoxy) is 1. The molecular formula is C14H21N3O2. The molecule has 5 heteroatoms. The molecular weight excluding hydrogens is 242 g/mol. The number of urea groups is 1. The second-order valence-corrected chi connectivity index (χ2v) is 4.71. The minimum absolute atomic E-state index is 0.0510. The van der Waals surface area contributed by atoms with Gasteiger partial charge in [0.1, 0.15) is 0 Å². The largest absolute Gasteiger partial charge is 0.378 e. The van der Waals surface area contributed by atoms with Crippen LogP contribution in [0.15, 0.2) is 24.3 Å². The maximum Gasteiger partial charge on any atom is 0.320 e. The molecule has 0 aromatic heterocycles. The minimum atomic E-state index is 0.0510. The van der Waals surface area contributed by atoms with Gasteiger partial charge in [-0.05, 0) is 11.1 Å². The van der Waals surface area contributed by atoms with Gasteiger partial charge in [0.25, 0.3) is 0 Å². The van der Waals surface area contributed by atoms with Crippen LogP contribution < -0.4 is 5.73 Å². The summed E-state index contributed by atoms with van der Waals surface area (Å²) >= 11 is 0. The minimum Gasteiger partial charge on any atom is -0.378 e. The highest BCUT2D eigenvalue weighted by atomic mass is 16.5. The van der Waals surface area contributed by atoms with Crippen LogP contribution in [0.4, 0.5) is 4.79 Å². The lowest BCUT2D eigenvalue weighted by molar-refractivity contribution is 0.0448. The fourth-order valence-electron chi connectivity index (χ4n) is 2.23. The van der Waals surface area contributed by atoms with E-state index < -0.39 is 0 Å². The summed E-state index contributed by atoms with van der Waals surface area (Å²) in [4.78, 5) is 15.8. The summed E-state index contributed by atoms with van der Waals surface area (Å²) in [5.74, 6) is 0. The molecule has 0 saturated carbocycles. The molecule has 1 aliphatic rings. The molecule has 104 valence electrons. The second kappa shape index (κ2) is 6.54. The molecule has 2 N–H and O–H groups in total. The lowest BCUT2D eigenvalue weighted by Crippen LogP contribution is -2.46. The van der Waals surface area contributed by atoms with Crippen LogP contribution >= 0.6 is 0 Å². The average molecular weight is 263 g/mol. The molecule has 0 unspecified atom stereocenters. The lowest BCUT2D eigenvalue weighted by atomic mass is 10.1. The van der Waals surface area contributed by atoms with Gasteiger partial charge in [0.2, 0.25) is 0 Å². The predicted molar refractivity (Wildman–Crippen MR) is 73.6 cm³/mol. The Hall–Kier alpha value is -1.59. The molecule has 0 atom stereocenters. The normalized spacial score (nSPS) is 15.4. The molecule has 1 aliphatic heterocycles. The Morgan fingerprint density at radius 2 is 1.95 bits per heavy atom. The van der Waals surface area contributed by atoms with Crippen LogP contribution in [-0.2, 0) is 17.8 Å². The van der Waals surface area contributed by atoms with E-state index in [1.54, 1.807) is 4.90 Å². The van der Waals surface area contributed by atoms with E-state index in [1.165, 1.54) is 0 Å². The van der Waals surface area contributed by atoms with Crippen LogP contribution in [0.1, 0.15) is 11.1 Å². The first-order valence-corrected chi connectivity index (χ1v) is 6.57. The molecule has 1 aromatic carbocycles. The Bertz CT molecular complexity index is 430. The van der Waals surface area contributed by atoms with Gasteiger partial charge in [0, 0.05) is 33.2 Å². The number of hydrogen-bond acceptors (Lipinski definition) is 3. The predicted octanol–water partition coefficient (Wildman–Crippen LogP) is 1.03. The van der Waals surface area contributed by atoms with Gasteiger partial charge in [0.15, 0.2) is 0 Å². The first-order chi connectivity index (χ1) is 9.22. The number of rotatable bonds is 3. The van der Waals surface area contributed by atoms with E-state index in [0.717, 1.165) is 11.1 Å². The van der Waals surface area contributed by atoms with Gasteiger partial charge in [-0.15, -0.1) is 0 Å². The van der Waals surface area contributed by atoms with E-state index >= 15 is 0 Å². The van der Waals surface area contributed by atoms with Crippen molar-refractivity contribution < 1.29 is 9.53 Å². The maximum atomic E-state index is 12.3. The number of morpholine rings is 1. The van der Waals surface area contributed by atoms with E-state index in [0.29, 0.717) is 39.4 Å². The molecule has 1 fully saturated rings. The fraction of sp³-hybridized carbons (Fsp3) is 0.500. The Labute approximate surface area is 113 Å². The highest BCUT2D eigenvalue weighted by Gasteiger charge is 2.20. The van der Waals surface area contributed by atoms with Crippen LogP contribution in [0.3, 0.4) is 0 Å². The van der Waals surface area contributed by atoms with Crippen molar-refractivity contribution in [2.24, 2.45) is 5.73 Å². The molecule has 0 spiro atoms. The van der Waals surface area contributed by atoms with Crippen molar-refractivity contribution in [1.82, 2.24) is 9.80 Å². The van der Waals surface area contributed by atoms with Crippen molar-refractivity contribution in [2.45, 2.75) is 13.1 Å². The number of carbonyl (C=O) groups excluding carboxylic acids is 1. The van der Waals surface area contributed by atoms with Crippen molar-refractivity contribution in [2.75, 3.05) is 33.4 Å². The Balaban J connectivity index is 1.99. The topological polar surface area (TPSA) is 58.8 Å². The number of nitrogens with zero attached hydrogens (tertiary/aromatic N) is 2. The summed E-state index contributed by atoms with van der Waals surface area (Å²) in [7, 11) is 1.82. The molecule has 1 aromatic rings. The number of amides is 2. The van der Waals surface area contributed by atoms with Crippen LogP contribution in [-0.4, -0.2) is 49.2 Å². The van der Waals surface area contributed by atoms with Gasteiger partial charge in [-0.2, -0.15) is 0 Å². The zero-order chi connectivity index (χ0) is 13.7. The molecule has 5 nitrogen and oxygen atoms in total. The molecule has 19 heavy (non-hydrogen) atoms. The van der Waals surface area contributed by atoms with Crippen LogP contribution in [0, 0.1) is 0 Å². The van der Waals surface area contributed by atoms with E-state index in [4.69, 9.17) is 10.5 Å². The smallest absolute Gasteiger partial charge is 0.320 e. The fourth-order valence-corrected chi connectivity index (χ4v) is 2.23. The Morgan fingerprint density at radius 1 is 1.32 bits per heavy atom. The third-order valence-electron chi connectivity index (χ3n) is 3.35. The summed E-state index contributed by atoms with van der Waals surface area (Å²) in [6, 6.07) is 8.01. The quantitative estimate of drug-likeness (QED) is 0.886. The van der Waals surface area contributed by atoms with E-state index in [-0.39, 0.29) is 6.03 Å². The summed E-state index contributed by atoms with van der Waals surface area (Å²) in [6.45, 7) is 3.67. The molecule has 1 heterocycles. The average Bonchev–Trinajstić information content (AvgIpc) is 2.48. The molecule has 2 amide bonds. The second-order valence-electron chi connectivity index (χ2n) is 4.71. The van der Waals surface area contributed by atoms with Crippen LogP contribution in [0.2, 0.25) is 0 Å². The summed E-state index contributed by atoms with van der Waals surface area (Å²) in [6.07, 6.45) is 0. The molecule has 0 aliphatic carbocycles. The van der Waals surface area contributed by atoms with Crippen LogP contribution in [0.25, 0.3) is 0 Å². The van der Waals surface area contributed by atoms with Crippen molar-refractivity contribution in [3.63, 3.8) is 0 Å². The third kappa shape index (κ3) is 3.45. The number of hydrogen-bond donors (Lipinski definition) is 1. The highest BCUT2D eigenvalue weighted by molar-refractivity contribution is 5.74. The highest BCUT2D eigenvalue weighted by Crippen LogP contribution is 2.12. The molecule has 0 radical (unpaired) electrons. The van der Waals surface area contributed by atoms with Crippen molar-refractivity contribution in [3.8, 4) is 0 Å². The van der Waals surface area contributed by atoms with E-state index in [9.17, 15) is 4.79 Å². The SMILES string of the molecule is CN(Cc1ccccc1CN)C(=O)N1CCOCC1. The Kier molecular flexibility index (Phi) is 4.76. The van der Waals surface area contributed by atoms with Gasteiger partial charge in [-0.3, -0.25) is 0 Å². The lowest BCUT2D eigenvalue weighted by Gasteiger charge is -2.31. The van der Waals surface area contributed by atoms with Crippen LogP contribution in [0.5, 0.6) is 0 Å². The van der Waals surface area contributed by atoms with Crippen molar-refractivity contribution in [1.29, 1.82) is 0 Å². The number of benzene rings is 1. The van der Waals surface area contributed by atoms with Gasteiger partial charge < -0.3 is 20.3 Å². The molecule has 0 bridgehead atoms. The Morgan fingerprint density at radius 3 is 2.58 bits per heavy atom. The third-order valence-corrected chi connectivity index (χ3v) is 3.35. The van der Waals surface area contributed by atoms with Gasteiger partial charge in [0.05, 0.1) is 13.2 Å². The van der Waals surface area contributed by atoms with Gasteiger partial charge >= 0.3 is 6.03 Å². The zero-order valence-electron chi connectivity index (χ0n) is 11.3. The van der Waals surface area contributed by atoms with Crippen molar-refractivity contribution >= 4 is 6.03 Å². The number of nitrogens with two attached hydrogens (primary N) is 1. The van der Waals surface area contributed by atoms with Gasteiger partial charge in [-0.1, -0.05) is 24.3 Å². The summed E-state index contributed by atoms with van der Waals surface area (Å²) in [5.41, 5.74) is 7.91. The summed E-state index contributed by atoms with van der Waals surface area (Å²) in [5, 5.41) is 0. The first kappa shape index (κ1) is 13.8. The number of carbonyl (C=O) groups is 1. The van der Waals surface area contributed by atoms with Crippen molar-refractivity contribution in [3.05, 3.63) is 35.4 Å². The first-order valence-electron chi connectivity index (χ1n) is 6.57. The zero-order valence-corrected chi connectivity index (χ0v) is 11.3. The monoisotopic (exact) mass is 263 g/mol. The van der Waals surface area contributed by atoms with E-state index in [1.807, 2.05) is 36.2 Å². The summed E-state index contributed by atoms with van der Waals surface area (Å²) < 4.78 is 5.26. The molecule has 2 rings (SSSR count).